The van der Waals surface area contributed by atoms with Crippen molar-refractivity contribution in [3.05, 3.63) is 71.8 Å². The van der Waals surface area contributed by atoms with Gasteiger partial charge in [-0.25, -0.2) is 0 Å². The van der Waals surface area contributed by atoms with Crippen LogP contribution in [-0.4, -0.2) is 35.6 Å². The van der Waals surface area contributed by atoms with Crippen LogP contribution in [0.4, 0.5) is 0 Å². The highest BCUT2D eigenvalue weighted by Gasteiger charge is 2.37. The molecule has 4 atom stereocenters. The van der Waals surface area contributed by atoms with Crippen molar-refractivity contribution in [3.63, 3.8) is 0 Å². The van der Waals surface area contributed by atoms with Crippen LogP contribution >= 0.6 is 0 Å². The summed E-state index contributed by atoms with van der Waals surface area (Å²) < 4.78 is 12.4. The van der Waals surface area contributed by atoms with Crippen LogP contribution in [0.15, 0.2) is 60.7 Å². The van der Waals surface area contributed by atoms with E-state index >= 15 is 0 Å². The van der Waals surface area contributed by atoms with Gasteiger partial charge in [0.1, 0.15) is 0 Å². The average Bonchev–Trinajstić information content (AvgIpc) is 2.72. The number of rotatable bonds is 8. The standard InChI is InChI=1S/C22H28O4/c23-13-19-11-21(25-15-17-7-3-1-4-8-17)22(12-20(19)14-24)26-16-18-9-5-2-6-10-18/h1-10,19-24H,11-16H2/t19-,20-,21+,22+/m0/s1. The van der Waals surface area contributed by atoms with E-state index in [1.54, 1.807) is 0 Å². The predicted molar refractivity (Wildman–Crippen MR) is 100 cm³/mol. The molecule has 2 aromatic carbocycles. The van der Waals surface area contributed by atoms with Gasteiger partial charge in [0.15, 0.2) is 0 Å². The lowest BCUT2D eigenvalue weighted by Gasteiger charge is -2.40. The van der Waals surface area contributed by atoms with Crippen molar-refractivity contribution in [1.29, 1.82) is 0 Å². The molecule has 0 amide bonds. The lowest BCUT2D eigenvalue weighted by molar-refractivity contribution is -0.135. The van der Waals surface area contributed by atoms with E-state index in [9.17, 15) is 10.2 Å². The van der Waals surface area contributed by atoms with Crippen molar-refractivity contribution < 1.29 is 19.7 Å². The molecular formula is C22H28O4. The summed E-state index contributed by atoms with van der Waals surface area (Å²) in [6.45, 7) is 1.20. The molecule has 0 aromatic heterocycles. The molecule has 0 bridgehead atoms. The van der Waals surface area contributed by atoms with Gasteiger partial charge in [0, 0.05) is 13.2 Å². The Kier molecular flexibility index (Phi) is 7.21. The fourth-order valence-corrected chi connectivity index (χ4v) is 3.64. The minimum absolute atomic E-state index is 0.0531. The van der Waals surface area contributed by atoms with Crippen molar-refractivity contribution in [1.82, 2.24) is 0 Å². The third-order valence-electron chi connectivity index (χ3n) is 5.23. The van der Waals surface area contributed by atoms with E-state index in [4.69, 9.17) is 9.47 Å². The summed E-state index contributed by atoms with van der Waals surface area (Å²) in [5.41, 5.74) is 2.25. The zero-order valence-corrected chi connectivity index (χ0v) is 15.0. The maximum Gasteiger partial charge on any atom is 0.0845 e. The van der Waals surface area contributed by atoms with Crippen LogP contribution < -0.4 is 0 Å². The van der Waals surface area contributed by atoms with Gasteiger partial charge in [0.25, 0.3) is 0 Å². The summed E-state index contributed by atoms with van der Waals surface area (Å²) in [6, 6.07) is 20.2. The smallest absolute Gasteiger partial charge is 0.0845 e. The third-order valence-corrected chi connectivity index (χ3v) is 5.23. The molecule has 140 valence electrons. The van der Waals surface area contributed by atoms with Gasteiger partial charge in [-0.2, -0.15) is 0 Å². The van der Waals surface area contributed by atoms with E-state index < -0.39 is 0 Å². The first-order valence-electron chi connectivity index (χ1n) is 9.33. The van der Waals surface area contributed by atoms with Crippen LogP contribution in [0.2, 0.25) is 0 Å². The zero-order valence-electron chi connectivity index (χ0n) is 15.0. The molecule has 0 heterocycles. The molecule has 4 heteroatoms. The summed E-state index contributed by atoms with van der Waals surface area (Å²) in [6.07, 6.45) is 1.24. The van der Waals surface area contributed by atoms with Crippen molar-refractivity contribution in [2.24, 2.45) is 11.8 Å². The Morgan fingerprint density at radius 3 is 1.38 bits per heavy atom. The van der Waals surface area contributed by atoms with Gasteiger partial charge in [-0.3, -0.25) is 0 Å². The lowest BCUT2D eigenvalue weighted by atomic mass is 9.77. The topological polar surface area (TPSA) is 58.9 Å². The molecule has 0 aliphatic heterocycles. The number of benzene rings is 2. The predicted octanol–water partition coefficient (Wildman–Crippen LogP) is 3.17. The first-order valence-corrected chi connectivity index (χ1v) is 9.33. The number of aliphatic hydroxyl groups excluding tert-OH is 2. The van der Waals surface area contributed by atoms with Crippen molar-refractivity contribution >= 4 is 0 Å². The number of aliphatic hydroxyl groups is 2. The highest BCUT2D eigenvalue weighted by molar-refractivity contribution is 5.14. The van der Waals surface area contributed by atoms with Crippen molar-refractivity contribution in [2.75, 3.05) is 13.2 Å². The van der Waals surface area contributed by atoms with E-state index in [1.165, 1.54) is 0 Å². The lowest BCUT2D eigenvalue weighted by Crippen LogP contribution is -2.44. The van der Waals surface area contributed by atoms with Crippen LogP contribution in [0, 0.1) is 11.8 Å². The molecule has 1 aliphatic rings. The minimum Gasteiger partial charge on any atom is -0.396 e. The Hall–Kier alpha value is -1.72. The van der Waals surface area contributed by atoms with Crippen LogP contribution in [-0.2, 0) is 22.7 Å². The fraction of sp³-hybridized carbons (Fsp3) is 0.455. The van der Waals surface area contributed by atoms with Gasteiger partial charge in [-0.05, 0) is 35.8 Å². The largest absolute Gasteiger partial charge is 0.396 e. The molecule has 0 radical (unpaired) electrons. The van der Waals surface area contributed by atoms with E-state index in [2.05, 4.69) is 0 Å². The molecule has 1 aliphatic carbocycles. The van der Waals surface area contributed by atoms with Crippen molar-refractivity contribution in [2.45, 2.75) is 38.3 Å². The number of hydrogen-bond acceptors (Lipinski definition) is 4. The second kappa shape index (κ2) is 9.83. The molecule has 1 saturated carbocycles. The third kappa shape index (κ3) is 5.15. The monoisotopic (exact) mass is 356 g/mol. The second-order valence-electron chi connectivity index (χ2n) is 7.03. The highest BCUT2D eigenvalue weighted by Crippen LogP contribution is 2.34. The SMILES string of the molecule is OC[C@@H]1C[C@@H](OCc2ccccc2)[C@H](OCc2ccccc2)C[C@H]1CO. The molecule has 4 nitrogen and oxygen atoms in total. The number of ether oxygens (including phenoxy) is 2. The molecule has 26 heavy (non-hydrogen) atoms. The fourth-order valence-electron chi connectivity index (χ4n) is 3.64. The van der Waals surface area contributed by atoms with Crippen LogP contribution in [0.25, 0.3) is 0 Å². The Balaban J connectivity index is 1.64. The van der Waals surface area contributed by atoms with Crippen LogP contribution in [0.1, 0.15) is 24.0 Å². The van der Waals surface area contributed by atoms with Gasteiger partial charge in [-0.1, -0.05) is 60.7 Å². The van der Waals surface area contributed by atoms with E-state index in [1.807, 2.05) is 60.7 Å². The number of hydrogen-bond donors (Lipinski definition) is 2. The minimum atomic E-state index is -0.0844. The van der Waals surface area contributed by atoms with Crippen molar-refractivity contribution in [3.8, 4) is 0 Å². The Labute approximate surface area is 155 Å². The highest BCUT2D eigenvalue weighted by atomic mass is 16.5. The first kappa shape index (κ1) is 19.1. The van der Waals surface area contributed by atoms with Gasteiger partial charge >= 0.3 is 0 Å². The maximum absolute atomic E-state index is 9.68. The molecule has 2 aromatic rings. The molecular weight excluding hydrogens is 328 g/mol. The van der Waals surface area contributed by atoms with Gasteiger partial charge in [-0.15, -0.1) is 0 Å². The molecule has 3 rings (SSSR count). The van der Waals surface area contributed by atoms with Gasteiger partial charge in [0.05, 0.1) is 25.4 Å². The van der Waals surface area contributed by atoms with E-state index in [0.29, 0.717) is 26.1 Å². The zero-order chi connectivity index (χ0) is 18.2. The molecule has 2 N–H and O–H groups in total. The maximum atomic E-state index is 9.68. The molecule has 0 spiro atoms. The Bertz CT molecular complexity index is 574. The van der Waals surface area contributed by atoms with Gasteiger partial charge < -0.3 is 19.7 Å². The molecule has 0 unspecified atom stereocenters. The normalized spacial score (nSPS) is 25.9. The van der Waals surface area contributed by atoms with E-state index in [0.717, 1.165) is 11.1 Å². The summed E-state index contributed by atoms with van der Waals surface area (Å²) in [5, 5.41) is 19.4. The summed E-state index contributed by atoms with van der Waals surface area (Å²) in [7, 11) is 0. The second-order valence-corrected chi connectivity index (χ2v) is 7.03. The Morgan fingerprint density at radius 2 is 1.04 bits per heavy atom. The van der Waals surface area contributed by atoms with Crippen LogP contribution in [0.3, 0.4) is 0 Å². The van der Waals surface area contributed by atoms with Crippen LogP contribution in [0.5, 0.6) is 0 Å². The molecule has 0 saturated heterocycles. The first-order chi connectivity index (χ1) is 12.8. The summed E-state index contributed by atoms with van der Waals surface area (Å²) in [4.78, 5) is 0. The van der Waals surface area contributed by atoms with E-state index in [-0.39, 0.29) is 37.3 Å². The Morgan fingerprint density at radius 1 is 0.654 bits per heavy atom. The summed E-state index contributed by atoms with van der Waals surface area (Å²) in [5.74, 6) is 0.106. The quantitative estimate of drug-likeness (QED) is 0.763. The summed E-state index contributed by atoms with van der Waals surface area (Å²) >= 11 is 0. The molecule has 1 fully saturated rings. The van der Waals surface area contributed by atoms with Gasteiger partial charge in [0.2, 0.25) is 0 Å². The average molecular weight is 356 g/mol.